The average Bonchev–Trinajstić information content (AvgIpc) is 2.66. The van der Waals surface area contributed by atoms with Gasteiger partial charge in [-0.05, 0) is 18.9 Å². The quantitative estimate of drug-likeness (QED) is 0.121. The first-order valence-corrected chi connectivity index (χ1v) is 11.7. The largest absolute Gasteiger partial charge is 0.192 e. The Morgan fingerprint density at radius 2 is 0.885 bits per heavy atom. The lowest BCUT2D eigenvalue weighted by Gasteiger charge is -2.03. The van der Waals surface area contributed by atoms with Crippen molar-refractivity contribution in [2.24, 2.45) is 0 Å². The van der Waals surface area contributed by atoms with Gasteiger partial charge in [-0.1, -0.05) is 122 Å². The molecule has 0 aliphatic rings. The van der Waals surface area contributed by atoms with Crippen molar-refractivity contribution in [3.8, 4) is 6.07 Å². The molecule has 26 heavy (non-hydrogen) atoms. The molecule has 0 amide bonds. The van der Waals surface area contributed by atoms with E-state index in [-0.39, 0.29) is 0 Å². The zero-order valence-electron chi connectivity index (χ0n) is 17.7. The minimum Gasteiger partial charge on any atom is -0.192 e. The highest BCUT2D eigenvalue weighted by Crippen LogP contribution is 2.14. The fraction of sp³-hybridized carbons (Fsp3) is 0.840. The van der Waals surface area contributed by atoms with Crippen LogP contribution in [-0.2, 0) is 0 Å². The summed E-state index contributed by atoms with van der Waals surface area (Å²) in [6.07, 6.45) is 31.5. The maximum atomic E-state index is 8.34. The third kappa shape index (κ3) is 23.0. The number of hydrogen-bond acceptors (Lipinski definition) is 1. The summed E-state index contributed by atoms with van der Waals surface area (Å²) in [6.45, 7) is 2.29. The fourth-order valence-corrected chi connectivity index (χ4v) is 3.50. The lowest BCUT2D eigenvalue weighted by atomic mass is 10.0. The summed E-state index contributed by atoms with van der Waals surface area (Å²) < 4.78 is 0. The minimum atomic E-state index is 1.07. The Morgan fingerprint density at radius 1 is 0.538 bits per heavy atom. The lowest BCUT2D eigenvalue weighted by Crippen LogP contribution is -1.84. The molecule has 0 saturated heterocycles. The third-order valence-corrected chi connectivity index (χ3v) is 5.22. The summed E-state index contributed by atoms with van der Waals surface area (Å²) >= 11 is 0. The number of rotatable bonds is 20. The second-order valence-corrected chi connectivity index (χ2v) is 7.80. The second kappa shape index (κ2) is 24.0. The summed E-state index contributed by atoms with van der Waals surface area (Å²) in [4.78, 5) is 0. The van der Waals surface area contributed by atoms with Gasteiger partial charge >= 0.3 is 0 Å². The average molecular weight is 360 g/mol. The van der Waals surface area contributed by atoms with E-state index in [1.165, 1.54) is 128 Å². The van der Waals surface area contributed by atoms with Gasteiger partial charge in [0.1, 0.15) is 0 Å². The highest BCUT2D eigenvalue weighted by molar-refractivity contribution is 5.01. The van der Waals surface area contributed by atoms with Crippen molar-refractivity contribution in [3.63, 3.8) is 0 Å². The smallest absolute Gasteiger partial charge is 0.0996 e. The first-order chi connectivity index (χ1) is 12.9. The minimum absolute atomic E-state index is 1.07. The van der Waals surface area contributed by atoms with Gasteiger partial charge in [0.25, 0.3) is 0 Å². The molecule has 0 aliphatic heterocycles. The molecule has 0 unspecified atom stereocenters. The molecule has 0 aromatic heterocycles. The van der Waals surface area contributed by atoms with Crippen LogP contribution in [0.4, 0.5) is 0 Å². The van der Waals surface area contributed by atoms with Gasteiger partial charge in [0, 0.05) is 0 Å². The highest BCUT2D eigenvalue weighted by Gasteiger charge is 1.95. The van der Waals surface area contributed by atoms with E-state index in [9.17, 15) is 0 Å². The van der Waals surface area contributed by atoms with E-state index >= 15 is 0 Å². The van der Waals surface area contributed by atoms with Gasteiger partial charge < -0.3 is 0 Å². The van der Waals surface area contributed by atoms with Crippen LogP contribution in [-0.4, -0.2) is 0 Å². The molecule has 0 fully saturated rings. The van der Waals surface area contributed by atoms with Gasteiger partial charge in [0.2, 0.25) is 0 Å². The van der Waals surface area contributed by atoms with Crippen molar-refractivity contribution in [2.45, 2.75) is 135 Å². The van der Waals surface area contributed by atoms with Gasteiger partial charge in [0.05, 0.1) is 12.1 Å². The van der Waals surface area contributed by atoms with E-state index in [2.05, 4.69) is 12.7 Å². The van der Waals surface area contributed by atoms with Crippen molar-refractivity contribution in [1.82, 2.24) is 0 Å². The van der Waals surface area contributed by atoms with Gasteiger partial charge in [-0.15, -0.1) is 5.73 Å². The van der Waals surface area contributed by atoms with Crippen LogP contribution in [0, 0.1) is 11.3 Å². The van der Waals surface area contributed by atoms with Crippen LogP contribution in [0.2, 0.25) is 0 Å². The zero-order chi connectivity index (χ0) is 19.0. The van der Waals surface area contributed by atoms with E-state index in [0.717, 1.165) is 6.42 Å². The first kappa shape index (κ1) is 25.0. The predicted octanol–water partition coefficient (Wildman–Crippen LogP) is 9.04. The molecule has 0 spiro atoms. The van der Waals surface area contributed by atoms with Crippen LogP contribution < -0.4 is 0 Å². The van der Waals surface area contributed by atoms with Crippen molar-refractivity contribution in [3.05, 3.63) is 17.9 Å². The van der Waals surface area contributed by atoms with Crippen molar-refractivity contribution in [2.75, 3.05) is 0 Å². The van der Waals surface area contributed by atoms with Crippen LogP contribution in [0.15, 0.2) is 17.9 Å². The number of hydrogen-bond donors (Lipinski definition) is 0. The van der Waals surface area contributed by atoms with E-state index in [0.29, 0.717) is 0 Å². The number of allylic oxidation sites excluding steroid dienone is 1. The molecular formula is C25H45N. The molecule has 0 aliphatic carbocycles. The van der Waals surface area contributed by atoms with Gasteiger partial charge in [-0.2, -0.15) is 5.26 Å². The summed E-state index contributed by atoms with van der Waals surface area (Å²) in [5.74, 6) is 0. The van der Waals surface area contributed by atoms with Crippen LogP contribution in [0.25, 0.3) is 0 Å². The van der Waals surface area contributed by atoms with E-state index in [1.807, 2.05) is 12.1 Å². The van der Waals surface area contributed by atoms with Crippen LogP contribution >= 0.6 is 0 Å². The Hall–Kier alpha value is -0.990. The number of nitrogens with zero attached hydrogens (tertiary/aromatic N) is 1. The maximum Gasteiger partial charge on any atom is 0.0996 e. The normalized spacial score (nSPS) is 10.3. The number of nitriles is 1. The summed E-state index contributed by atoms with van der Waals surface area (Å²) in [5.41, 5.74) is 2.88. The first-order valence-electron chi connectivity index (χ1n) is 11.7. The van der Waals surface area contributed by atoms with Crippen LogP contribution in [0.5, 0.6) is 0 Å². The highest BCUT2D eigenvalue weighted by atomic mass is 14.2. The van der Waals surface area contributed by atoms with Gasteiger partial charge in [-0.25, -0.2) is 0 Å². The molecule has 0 bridgehead atoms. The lowest BCUT2D eigenvalue weighted by molar-refractivity contribution is 0.523. The summed E-state index contributed by atoms with van der Waals surface area (Å²) in [7, 11) is 0. The topological polar surface area (TPSA) is 23.8 Å². The molecule has 1 nitrogen and oxygen atoms in total. The molecule has 0 radical (unpaired) electrons. The molecule has 0 aromatic carbocycles. The molecule has 0 heterocycles. The fourth-order valence-electron chi connectivity index (χ4n) is 3.50. The van der Waals surface area contributed by atoms with Crippen LogP contribution in [0.3, 0.4) is 0 Å². The van der Waals surface area contributed by atoms with E-state index in [4.69, 9.17) is 5.26 Å². The van der Waals surface area contributed by atoms with Gasteiger partial charge in [-0.3, -0.25) is 0 Å². The Balaban J connectivity index is 3.03. The Bertz CT molecular complexity index is 357. The zero-order valence-corrected chi connectivity index (χ0v) is 17.7. The molecule has 0 N–H and O–H groups in total. The predicted molar refractivity (Wildman–Crippen MR) is 116 cm³/mol. The third-order valence-electron chi connectivity index (χ3n) is 5.22. The molecular weight excluding hydrogens is 314 g/mol. The molecule has 0 atom stereocenters. The van der Waals surface area contributed by atoms with Crippen LogP contribution in [0.1, 0.15) is 135 Å². The SMILES string of the molecule is CCCCCCCCCCCCCCCCCCCCCC=C=CC#N. The van der Waals surface area contributed by atoms with E-state index < -0.39 is 0 Å². The van der Waals surface area contributed by atoms with Crippen molar-refractivity contribution < 1.29 is 0 Å². The summed E-state index contributed by atoms with van der Waals surface area (Å²) in [6, 6.07) is 1.96. The molecule has 0 saturated carbocycles. The molecule has 150 valence electrons. The second-order valence-electron chi connectivity index (χ2n) is 7.80. The monoisotopic (exact) mass is 359 g/mol. The standard InChI is InChI=1S/C25H45N/c1-2-3-4-5-6-7-8-9-10-11-12-13-14-15-16-17-18-19-20-21-22-23-24-25-26/h22,24H,2-21H2,1H3. The molecule has 1 heteroatoms. The Labute approximate surface area is 165 Å². The maximum absolute atomic E-state index is 8.34. The van der Waals surface area contributed by atoms with Gasteiger partial charge in [0.15, 0.2) is 0 Å². The molecule has 0 aromatic rings. The summed E-state index contributed by atoms with van der Waals surface area (Å²) in [5, 5.41) is 8.34. The number of unbranched alkanes of at least 4 members (excludes halogenated alkanes) is 19. The van der Waals surface area contributed by atoms with E-state index in [1.54, 1.807) is 0 Å². The molecule has 0 rings (SSSR count). The van der Waals surface area contributed by atoms with Crippen molar-refractivity contribution in [1.29, 1.82) is 5.26 Å². The van der Waals surface area contributed by atoms with Crippen molar-refractivity contribution >= 4 is 0 Å². The Morgan fingerprint density at radius 3 is 1.23 bits per heavy atom. The Kier molecular flexibility index (Phi) is 23.1.